The average Bonchev–Trinajstić information content (AvgIpc) is 3.14. The van der Waals surface area contributed by atoms with Crippen molar-refractivity contribution in [2.75, 3.05) is 13.2 Å². The SMILES string of the molecule is CC1(CC2NC(C(=O)O)C(c3cccc(Cl)c3F)C2(C#N)c2ccc(Cl)cc2F)COC1.O=C(O)C(F)(F)F. The van der Waals surface area contributed by atoms with E-state index in [2.05, 4.69) is 11.4 Å². The highest BCUT2D eigenvalue weighted by atomic mass is 35.5. The van der Waals surface area contributed by atoms with Crippen LogP contribution >= 0.6 is 23.2 Å². The van der Waals surface area contributed by atoms with Gasteiger partial charge in [-0.25, -0.2) is 13.6 Å². The van der Waals surface area contributed by atoms with Crippen molar-refractivity contribution in [2.24, 2.45) is 5.41 Å². The van der Waals surface area contributed by atoms with E-state index in [0.717, 1.165) is 6.07 Å². The zero-order valence-corrected chi connectivity index (χ0v) is 21.5. The number of carboxylic acids is 2. The maximum absolute atomic E-state index is 15.3. The van der Waals surface area contributed by atoms with Crippen molar-refractivity contribution in [3.8, 4) is 6.07 Å². The largest absolute Gasteiger partial charge is 0.490 e. The number of nitriles is 1. The summed E-state index contributed by atoms with van der Waals surface area (Å²) in [5.74, 6) is -6.89. The van der Waals surface area contributed by atoms with Crippen LogP contribution in [0.25, 0.3) is 0 Å². The fraction of sp³-hybridized carbons (Fsp3) is 0.400. The summed E-state index contributed by atoms with van der Waals surface area (Å²) in [5.41, 5.74) is -2.19. The quantitative estimate of drug-likeness (QED) is 0.402. The van der Waals surface area contributed by atoms with E-state index in [1.165, 1.54) is 30.3 Å². The maximum Gasteiger partial charge on any atom is 0.490 e. The van der Waals surface area contributed by atoms with Gasteiger partial charge in [-0.15, -0.1) is 0 Å². The summed E-state index contributed by atoms with van der Waals surface area (Å²) in [4.78, 5) is 21.2. The molecule has 2 aromatic rings. The van der Waals surface area contributed by atoms with Gasteiger partial charge in [0, 0.05) is 28.0 Å². The molecule has 0 radical (unpaired) electrons. The van der Waals surface area contributed by atoms with Crippen molar-refractivity contribution in [1.29, 1.82) is 5.26 Å². The molecule has 2 aliphatic heterocycles. The van der Waals surface area contributed by atoms with E-state index in [0.29, 0.717) is 19.6 Å². The fourth-order valence-corrected chi connectivity index (χ4v) is 5.33. The number of nitrogens with zero attached hydrogens (tertiary/aromatic N) is 1. The molecule has 2 heterocycles. The second kappa shape index (κ2) is 11.3. The monoisotopic (exact) mass is 594 g/mol. The number of benzene rings is 2. The third kappa shape index (κ3) is 5.96. The van der Waals surface area contributed by atoms with Gasteiger partial charge >= 0.3 is 18.1 Å². The number of carbonyl (C=O) groups is 2. The molecule has 4 rings (SSSR count). The number of hydrogen-bond donors (Lipinski definition) is 3. The van der Waals surface area contributed by atoms with E-state index in [1.54, 1.807) is 0 Å². The van der Waals surface area contributed by atoms with Gasteiger partial charge in [-0.1, -0.05) is 48.3 Å². The topological polar surface area (TPSA) is 120 Å². The Balaban J connectivity index is 0.000000532. The molecule has 0 spiro atoms. The van der Waals surface area contributed by atoms with Gasteiger partial charge in [0.2, 0.25) is 0 Å². The third-order valence-electron chi connectivity index (χ3n) is 6.74. The molecule has 14 heteroatoms. The van der Waals surface area contributed by atoms with Crippen LogP contribution in [0.2, 0.25) is 10.0 Å². The molecule has 7 nitrogen and oxygen atoms in total. The molecular weight excluding hydrogens is 574 g/mol. The molecule has 0 aliphatic carbocycles. The van der Waals surface area contributed by atoms with Gasteiger partial charge in [-0.2, -0.15) is 18.4 Å². The van der Waals surface area contributed by atoms with E-state index in [1.807, 2.05) is 6.92 Å². The van der Waals surface area contributed by atoms with Crippen molar-refractivity contribution >= 4 is 35.1 Å². The lowest BCUT2D eigenvalue weighted by molar-refractivity contribution is -0.192. The van der Waals surface area contributed by atoms with Gasteiger partial charge in [0.25, 0.3) is 0 Å². The van der Waals surface area contributed by atoms with E-state index in [9.17, 15) is 28.3 Å². The van der Waals surface area contributed by atoms with Crippen LogP contribution in [0, 0.1) is 28.4 Å². The second-order valence-corrected chi connectivity index (χ2v) is 10.4. The first-order chi connectivity index (χ1) is 18.1. The number of alkyl halides is 3. The van der Waals surface area contributed by atoms with Crippen molar-refractivity contribution in [1.82, 2.24) is 5.32 Å². The highest BCUT2D eigenvalue weighted by molar-refractivity contribution is 6.31. The van der Waals surface area contributed by atoms with Crippen molar-refractivity contribution in [3.63, 3.8) is 0 Å². The molecule has 0 aromatic heterocycles. The highest BCUT2D eigenvalue weighted by Gasteiger charge is 2.62. The molecular formula is C25H21Cl2F5N2O5. The number of rotatable bonds is 5. The Labute approximate surface area is 229 Å². The Hall–Kier alpha value is -2.98. The van der Waals surface area contributed by atoms with E-state index < -0.39 is 53.2 Å². The molecule has 2 fully saturated rings. The minimum absolute atomic E-state index is 0.0427. The van der Waals surface area contributed by atoms with E-state index in [4.69, 9.17) is 37.8 Å². The molecule has 39 heavy (non-hydrogen) atoms. The van der Waals surface area contributed by atoms with Gasteiger partial charge < -0.3 is 14.9 Å². The number of halogens is 7. The minimum Gasteiger partial charge on any atom is -0.480 e. The van der Waals surface area contributed by atoms with Crippen molar-refractivity contribution < 1.29 is 46.5 Å². The summed E-state index contributed by atoms with van der Waals surface area (Å²) in [6.45, 7) is 2.79. The number of carboxylic acid groups (broad SMARTS) is 2. The van der Waals surface area contributed by atoms with Crippen LogP contribution in [-0.2, 0) is 19.7 Å². The van der Waals surface area contributed by atoms with E-state index >= 15 is 8.78 Å². The van der Waals surface area contributed by atoms with Crippen molar-refractivity contribution in [3.05, 3.63) is 69.2 Å². The molecule has 2 aliphatic rings. The molecule has 4 atom stereocenters. The number of nitrogens with one attached hydrogen (secondary N) is 1. The van der Waals surface area contributed by atoms with Crippen LogP contribution in [0.4, 0.5) is 22.0 Å². The van der Waals surface area contributed by atoms with E-state index in [-0.39, 0.29) is 26.6 Å². The van der Waals surface area contributed by atoms with Gasteiger partial charge in [0.15, 0.2) is 0 Å². The Morgan fingerprint density at radius 1 is 1.18 bits per heavy atom. The van der Waals surface area contributed by atoms with Gasteiger partial charge in [-0.3, -0.25) is 10.1 Å². The molecule has 4 unspecified atom stereocenters. The zero-order chi connectivity index (χ0) is 29.3. The smallest absolute Gasteiger partial charge is 0.480 e. The molecule has 0 saturated carbocycles. The summed E-state index contributed by atoms with van der Waals surface area (Å²) in [5, 5.41) is 30.6. The van der Waals surface area contributed by atoms with Gasteiger partial charge in [-0.05, 0) is 30.2 Å². The zero-order valence-electron chi connectivity index (χ0n) is 20.0. The third-order valence-corrected chi connectivity index (χ3v) is 7.27. The minimum atomic E-state index is -5.08. The molecule has 3 N–H and O–H groups in total. The number of ether oxygens (including phenoxy) is 1. The van der Waals surface area contributed by atoms with Crippen LogP contribution in [0.1, 0.15) is 30.4 Å². The molecule has 210 valence electrons. The normalized spacial score (nSPS) is 25.6. The fourth-order valence-electron chi connectivity index (χ4n) is 4.99. The number of aliphatic carboxylic acids is 2. The second-order valence-electron chi connectivity index (χ2n) is 9.57. The van der Waals surface area contributed by atoms with Gasteiger partial charge in [0.05, 0.1) is 24.3 Å². The summed E-state index contributed by atoms with van der Waals surface area (Å²) in [6.07, 6.45) is -4.76. The Kier molecular flexibility index (Phi) is 8.82. The first-order valence-corrected chi connectivity index (χ1v) is 12.0. The number of hydrogen-bond acceptors (Lipinski definition) is 5. The van der Waals surface area contributed by atoms with Crippen LogP contribution < -0.4 is 5.32 Å². The van der Waals surface area contributed by atoms with Crippen LogP contribution in [0.3, 0.4) is 0 Å². The first-order valence-electron chi connectivity index (χ1n) is 11.2. The standard InChI is InChI=1S/C23H20Cl2F2N2O3.C2HF3O2/c1-22(10-32-11-22)8-17-23(9-28,14-6-5-12(24)7-16(14)26)18(20(29-17)21(30)31)13-3-2-4-15(25)19(13)27;3-2(4,5)1(6)7/h2-7,17-18,20,29H,8,10-11H2,1H3,(H,30,31);(H,6,7). The summed E-state index contributed by atoms with van der Waals surface area (Å²) in [6, 6.07) is 8.11. The predicted octanol–water partition coefficient (Wildman–Crippen LogP) is 5.30. The summed E-state index contributed by atoms with van der Waals surface area (Å²) >= 11 is 11.9. The van der Waals surface area contributed by atoms with Crippen LogP contribution in [0.15, 0.2) is 36.4 Å². The molecule has 0 bridgehead atoms. The van der Waals surface area contributed by atoms with Crippen molar-refractivity contribution in [2.45, 2.75) is 42.9 Å². The summed E-state index contributed by atoms with van der Waals surface area (Å²) < 4.78 is 67.5. The van der Waals surface area contributed by atoms with Gasteiger partial charge in [0.1, 0.15) is 23.1 Å². The molecule has 2 saturated heterocycles. The highest BCUT2D eigenvalue weighted by Crippen LogP contribution is 2.53. The average molecular weight is 595 g/mol. The van der Waals surface area contributed by atoms with Crippen LogP contribution in [-0.4, -0.2) is 53.6 Å². The lowest BCUT2D eigenvalue weighted by Crippen LogP contribution is -2.50. The summed E-state index contributed by atoms with van der Waals surface area (Å²) in [7, 11) is 0. The lowest BCUT2D eigenvalue weighted by Gasteiger charge is -2.43. The maximum atomic E-state index is 15.3. The Bertz CT molecular complexity index is 1310. The lowest BCUT2D eigenvalue weighted by atomic mass is 9.62. The predicted molar refractivity (Wildman–Crippen MR) is 128 cm³/mol. The molecule has 0 amide bonds. The van der Waals surface area contributed by atoms with Crippen LogP contribution in [0.5, 0.6) is 0 Å². The Morgan fingerprint density at radius 3 is 2.26 bits per heavy atom. The molecule has 2 aromatic carbocycles. The first kappa shape index (κ1) is 30.6. The Morgan fingerprint density at radius 2 is 1.79 bits per heavy atom.